The molecule has 0 radical (unpaired) electrons. The van der Waals surface area contributed by atoms with Gasteiger partial charge in [0.05, 0.1) is 24.8 Å². The van der Waals surface area contributed by atoms with Crippen molar-refractivity contribution in [1.29, 1.82) is 0 Å². The maximum atomic E-state index is 12.3. The van der Waals surface area contributed by atoms with E-state index in [4.69, 9.17) is 0 Å². The third kappa shape index (κ3) is 17.0. The molecule has 0 amide bonds. The predicted molar refractivity (Wildman–Crippen MR) is 107 cm³/mol. The Bertz CT molecular complexity index is 262. The first-order valence-corrected chi connectivity index (χ1v) is 10.9. The molecule has 152 valence electrons. The van der Waals surface area contributed by atoms with Gasteiger partial charge < -0.3 is 20.5 Å². The molecule has 0 rings (SSSR count). The first-order valence-electron chi connectivity index (χ1n) is 10.9. The molecule has 25 heavy (non-hydrogen) atoms. The normalized spacial score (nSPS) is 16.6. The number of aliphatic hydroxyl groups is 2. The van der Waals surface area contributed by atoms with E-state index in [1.54, 1.807) is 13.8 Å². The van der Waals surface area contributed by atoms with Crippen molar-refractivity contribution >= 4 is 0 Å². The fraction of sp³-hybridized carbons (Fsp3) is 1.00. The van der Waals surface area contributed by atoms with Crippen molar-refractivity contribution in [3.63, 3.8) is 0 Å². The number of hydrogen-bond donors (Lipinski definition) is 3. The van der Waals surface area contributed by atoms with Crippen molar-refractivity contribution in [2.75, 3.05) is 6.54 Å². The highest BCUT2D eigenvalue weighted by molar-refractivity contribution is 4.64. The number of unbranched alkanes of at least 4 members (excludes halogenated alkanes) is 11. The first-order chi connectivity index (χ1) is 12.0. The van der Waals surface area contributed by atoms with Crippen LogP contribution in [-0.4, -0.2) is 35.0 Å². The number of nitrogens with one attached hydrogen (secondary N) is 1. The second kappa shape index (κ2) is 17.3. The molecule has 0 aliphatic heterocycles. The molecule has 3 N–H and O–H groups in total. The van der Waals surface area contributed by atoms with Gasteiger partial charge in [0.2, 0.25) is 0 Å². The van der Waals surface area contributed by atoms with Crippen LogP contribution in [0.4, 0.5) is 0 Å². The highest BCUT2D eigenvalue weighted by atomic mass is 16.5. The van der Waals surface area contributed by atoms with Crippen LogP contribution in [0, 0.1) is 5.21 Å². The van der Waals surface area contributed by atoms with Crippen LogP contribution >= 0.6 is 0 Å². The van der Waals surface area contributed by atoms with Gasteiger partial charge in [-0.15, -0.1) is 0 Å². The quantitative estimate of drug-likeness (QED) is 0.256. The molecular formula is C21H45NO3. The molecule has 3 unspecified atom stereocenters. The van der Waals surface area contributed by atoms with Crippen LogP contribution in [0.5, 0.6) is 0 Å². The van der Waals surface area contributed by atoms with Crippen molar-refractivity contribution in [3.05, 3.63) is 5.21 Å². The summed E-state index contributed by atoms with van der Waals surface area (Å²) < 4.78 is 0. The molecule has 0 saturated carbocycles. The Balaban J connectivity index is 3.55. The summed E-state index contributed by atoms with van der Waals surface area (Å²) in [5, 5.41) is 31.5. The molecule has 0 aromatic carbocycles. The lowest BCUT2D eigenvalue weighted by Crippen LogP contribution is -3.11. The Morgan fingerprint density at radius 3 is 1.40 bits per heavy atom. The van der Waals surface area contributed by atoms with E-state index in [1.807, 2.05) is 0 Å². The number of aliphatic hydroxyl groups excluding tert-OH is 2. The van der Waals surface area contributed by atoms with E-state index < -0.39 is 12.2 Å². The fourth-order valence-electron chi connectivity index (χ4n) is 3.53. The third-order valence-electron chi connectivity index (χ3n) is 4.98. The van der Waals surface area contributed by atoms with Gasteiger partial charge in [-0.25, -0.2) is 0 Å². The second-order valence-electron chi connectivity index (χ2n) is 7.97. The number of quaternary nitrogens is 1. The Morgan fingerprint density at radius 2 is 1.04 bits per heavy atom. The van der Waals surface area contributed by atoms with Crippen LogP contribution in [-0.2, 0) is 0 Å². The van der Waals surface area contributed by atoms with Crippen LogP contribution in [0.15, 0.2) is 0 Å². The van der Waals surface area contributed by atoms with Gasteiger partial charge in [0.1, 0.15) is 0 Å². The van der Waals surface area contributed by atoms with E-state index in [9.17, 15) is 15.4 Å². The number of rotatable bonds is 18. The summed E-state index contributed by atoms with van der Waals surface area (Å²) in [7, 11) is 0. The van der Waals surface area contributed by atoms with Crippen LogP contribution in [0.3, 0.4) is 0 Å². The molecule has 4 heteroatoms. The molecule has 3 atom stereocenters. The van der Waals surface area contributed by atoms with Gasteiger partial charge >= 0.3 is 0 Å². The Hall–Kier alpha value is -0.160. The van der Waals surface area contributed by atoms with E-state index >= 15 is 0 Å². The van der Waals surface area contributed by atoms with E-state index in [-0.39, 0.29) is 11.1 Å². The standard InChI is InChI=1S/C21H45NO3/c1-4-5-6-7-8-9-10-11-12-13-14-15-16-22(25)21(17-19(2)23)18-20(3)24/h19-24H,4-18H2,1-3H3. The van der Waals surface area contributed by atoms with Gasteiger partial charge in [-0.3, -0.25) is 0 Å². The SMILES string of the molecule is CCCCCCCCCCCCCC[NH+]([O-])C(CC(C)O)CC(C)O. The van der Waals surface area contributed by atoms with E-state index in [0.717, 1.165) is 12.8 Å². The van der Waals surface area contributed by atoms with Crippen molar-refractivity contribution < 1.29 is 15.3 Å². The Morgan fingerprint density at radius 1 is 0.680 bits per heavy atom. The summed E-state index contributed by atoms with van der Waals surface area (Å²) in [6.07, 6.45) is 15.5. The van der Waals surface area contributed by atoms with Crippen molar-refractivity contribution in [1.82, 2.24) is 0 Å². The summed E-state index contributed by atoms with van der Waals surface area (Å²) >= 11 is 0. The summed E-state index contributed by atoms with van der Waals surface area (Å²) in [5.41, 5.74) is 0. The van der Waals surface area contributed by atoms with Gasteiger partial charge in [0.15, 0.2) is 0 Å². The molecule has 0 fully saturated rings. The molecular weight excluding hydrogens is 314 g/mol. The van der Waals surface area contributed by atoms with E-state index in [0.29, 0.717) is 19.4 Å². The average molecular weight is 360 g/mol. The Kier molecular flexibility index (Phi) is 17.2. The molecule has 0 bridgehead atoms. The summed E-state index contributed by atoms with van der Waals surface area (Å²) in [6, 6.07) is -0.187. The summed E-state index contributed by atoms with van der Waals surface area (Å²) in [4.78, 5) is 0. The van der Waals surface area contributed by atoms with E-state index in [1.165, 1.54) is 64.2 Å². The maximum Gasteiger partial charge on any atom is 0.0921 e. The zero-order valence-electron chi connectivity index (χ0n) is 17.1. The monoisotopic (exact) mass is 359 g/mol. The second-order valence-corrected chi connectivity index (χ2v) is 7.97. The summed E-state index contributed by atoms with van der Waals surface area (Å²) in [6.45, 7) is 6.29. The lowest BCUT2D eigenvalue weighted by molar-refractivity contribution is -0.877. The van der Waals surface area contributed by atoms with Gasteiger partial charge in [-0.2, -0.15) is 0 Å². The van der Waals surface area contributed by atoms with E-state index in [2.05, 4.69) is 6.92 Å². The minimum absolute atomic E-state index is 0.187. The maximum absolute atomic E-state index is 12.3. The first kappa shape index (κ1) is 24.8. The molecule has 0 aliphatic rings. The minimum Gasteiger partial charge on any atom is -0.634 e. The fourth-order valence-corrected chi connectivity index (χ4v) is 3.53. The minimum atomic E-state index is -0.477. The molecule has 0 heterocycles. The zero-order chi connectivity index (χ0) is 18.9. The van der Waals surface area contributed by atoms with Crippen LogP contribution in [0.1, 0.15) is 111 Å². The van der Waals surface area contributed by atoms with Gasteiger partial charge in [0.25, 0.3) is 0 Å². The largest absolute Gasteiger partial charge is 0.634 e. The third-order valence-corrected chi connectivity index (χ3v) is 4.98. The topological polar surface area (TPSA) is 68.0 Å². The van der Waals surface area contributed by atoms with Crippen LogP contribution in [0.25, 0.3) is 0 Å². The van der Waals surface area contributed by atoms with Crippen molar-refractivity contribution in [2.45, 2.75) is 129 Å². The molecule has 0 aromatic heterocycles. The highest BCUT2D eigenvalue weighted by Crippen LogP contribution is 2.11. The predicted octanol–water partition coefficient (Wildman–Crippen LogP) is 3.98. The summed E-state index contributed by atoms with van der Waals surface area (Å²) in [5.74, 6) is 0. The molecule has 0 saturated heterocycles. The number of hydrogen-bond acceptors (Lipinski definition) is 3. The molecule has 4 nitrogen and oxygen atoms in total. The average Bonchev–Trinajstić information content (AvgIpc) is 2.54. The zero-order valence-corrected chi connectivity index (χ0v) is 17.1. The molecule has 0 aromatic rings. The van der Waals surface area contributed by atoms with Crippen molar-refractivity contribution in [2.24, 2.45) is 0 Å². The van der Waals surface area contributed by atoms with Gasteiger partial charge in [-0.05, 0) is 26.7 Å². The lowest BCUT2D eigenvalue weighted by Gasteiger charge is -2.33. The Labute approximate surface area is 156 Å². The molecule has 0 spiro atoms. The van der Waals surface area contributed by atoms with Crippen LogP contribution < -0.4 is 5.06 Å². The number of hydroxylamine groups is 2. The van der Waals surface area contributed by atoms with Crippen LogP contribution in [0.2, 0.25) is 0 Å². The van der Waals surface area contributed by atoms with Gasteiger partial charge in [0, 0.05) is 12.8 Å². The van der Waals surface area contributed by atoms with Gasteiger partial charge in [-0.1, -0.05) is 71.1 Å². The van der Waals surface area contributed by atoms with Crippen molar-refractivity contribution in [3.8, 4) is 0 Å². The molecule has 0 aliphatic carbocycles. The lowest BCUT2D eigenvalue weighted by atomic mass is 10.0. The highest BCUT2D eigenvalue weighted by Gasteiger charge is 2.20. The smallest absolute Gasteiger partial charge is 0.0921 e.